The summed E-state index contributed by atoms with van der Waals surface area (Å²) in [5.74, 6) is 0. The number of thiocarbonyl (C=S) groups is 1. The molecule has 0 aromatic rings. The van der Waals surface area contributed by atoms with E-state index in [1.807, 2.05) is 6.92 Å². The molecule has 4 nitrogen and oxygen atoms in total. The first-order chi connectivity index (χ1) is 4.27. The zero-order chi connectivity index (χ0) is 7.11. The fourth-order valence-corrected chi connectivity index (χ4v) is 0.254. The van der Waals surface area contributed by atoms with E-state index in [2.05, 4.69) is 22.7 Å². The van der Waals surface area contributed by atoms with Crippen molar-refractivity contribution in [3.05, 3.63) is 0 Å². The van der Waals surface area contributed by atoms with Crippen molar-refractivity contribution in [3.8, 4) is 0 Å². The molecule has 0 radical (unpaired) electrons. The summed E-state index contributed by atoms with van der Waals surface area (Å²) in [5.41, 5.74) is 7.36. The smallest absolute Gasteiger partial charge is 0.192 e. The van der Waals surface area contributed by atoms with Crippen LogP contribution in [0.25, 0.3) is 0 Å². The average molecular weight is 147 g/mol. The summed E-state index contributed by atoms with van der Waals surface area (Å²) in [6.07, 6.45) is 1.25. The predicted octanol–water partition coefficient (Wildman–Crippen LogP) is -0.201. The van der Waals surface area contributed by atoms with Crippen molar-refractivity contribution in [3.63, 3.8) is 0 Å². The van der Waals surface area contributed by atoms with Gasteiger partial charge in [0.25, 0.3) is 0 Å². The van der Waals surface area contributed by atoms with Crippen LogP contribution in [0, 0.1) is 0 Å². The number of hydrogen-bond donors (Lipinski definition) is 2. The van der Waals surface area contributed by atoms with E-state index in [1.54, 1.807) is 0 Å². The van der Waals surface area contributed by atoms with Gasteiger partial charge in [0.2, 0.25) is 0 Å². The fraction of sp³-hybridized carbons (Fsp3) is 0.500. The Balaban J connectivity index is 3.14. The quantitative estimate of drug-likeness (QED) is 0.251. The van der Waals surface area contributed by atoms with Gasteiger partial charge in [0.1, 0.15) is 0 Å². The molecular formula is C4H9N3OS. The molecule has 0 saturated heterocycles. The maximum atomic E-state index is 5.03. The van der Waals surface area contributed by atoms with Gasteiger partial charge < -0.3 is 10.5 Å². The van der Waals surface area contributed by atoms with E-state index in [-0.39, 0.29) is 5.11 Å². The number of nitrogens with zero attached hydrogens (tertiary/aromatic N) is 1. The molecule has 0 atom stereocenters. The lowest BCUT2D eigenvalue weighted by atomic mass is 10.9. The molecule has 0 bridgehead atoms. The minimum Gasteiger partial charge on any atom is -0.482 e. The molecule has 0 heterocycles. The van der Waals surface area contributed by atoms with Crippen molar-refractivity contribution in [2.75, 3.05) is 6.61 Å². The molecule has 0 amide bonds. The van der Waals surface area contributed by atoms with Gasteiger partial charge in [-0.05, 0) is 19.1 Å². The summed E-state index contributed by atoms with van der Waals surface area (Å²) < 4.78 is 4.71. The SMILES string of the molecule is CCO/C=N\NC(N)=S. The normalized spacial score (nSPS) is 9.44. The van der Waals surface area contributed by atoms with E-state index in [0.29, 0.717) is 6.61 Å². The summed E-state index contributed by atoms with van der Waals surface area (Å²) in [7, 11) is 0. The highest BCUT2D eigenvalue weighted by molar-refractivity contribution is 7.80. The zero-order valence-corrected chi connectivity index (χ0v) is 5.94. The Morgan fingerprint density at radius 1 is 2.00 bits per heavy atom. The maximum absolute atomic E-state index is 5.03. The van der Waals surface area contributed by atoms with Crippen LogP contribution in [0.2, 0.25) is 0 Å². The molecule has 0 aliphatic rings. The summed E-state index contributed by atoms with van der Waals surface area (Å²) in [6, 6.07) is 0. The number of nitrogens with two attached hydrogens (primary N) is 1. The second-order valence-electron chi connectivity index (χ2n) is 1.17. The average Bonchev–Trinajstić information content (AvgIpc) is 1.80. The largest absolute Gasteiger partial charge is 0.482 e. The summed E-state index contributed by atoms with van der Waals surface area (Å²) in [6.45, 7) is 2.44. The van der Waals surface area contributed by atoms with Crippen molar-refractivity contribution >= 4 is 23.7 Å². The molecule has 0 aromatic heterocycles. The van der Waals surface area contributed by atoms with Gasteiger partial charge in [0, 0.05) is 0 Å². The van der Waals surface area contributed by atoms with Gasteiger partial charge in [0.05, 0.1) is 6.61 Å². The first kappa shape index (κ1) is 8.16. The highest BCUT2D eigenvalue weighted by atomic mass is 32.1. The number of nitrogens with one attached hydrogen (secondary N) is 1. The van der Waals surface area contributed by atoms with Crippen LogP contribution in [0.1, 0.15) is 6.92 Å². The number of hydrogen-bond acceptors (Lipinski definition) is 3. The molecule has 0 aliphatic carbocycles. The predicted molar refractivity (Wildman–Crippen MR) is 40.0 cm³/mol. The molecular weight excluding hydrogens is 138 g/mol. The Morgan fingerprint density at radius 2 is 2.67 bits per heavy atom. The van der Waals surface area contributed by atoms with Crippen LogP contribution in [0.15, 0.2) is 5.10 Å². The third-order valence-corrected chi connectivity index (χ3v) is 0.560. The molecule has 0 saturated carbocycles. The second-order valence-corrected chi connectivity index (χ2v) is 1.61. The van der Waals surface area contributed by atoms with Gasteiger partial charge >= 0.3 is 0 Å². The lowest BCUT2D eigenvalue weighted by molar-refractivity contribution is 0.341. The van der Waals surface area contributed by atoms with E-state index in [4.69, 9.17) is 10.5 Å². The lowest BCUT2D eigenvalue weighted by Crippen LogP contribution is -2.24. The summed E-state index contributed by atoms with van der Waals surface area (Å²) >= 11 is 4.44. The van der Waals surface area contributed by atoms with Gasteiger partial charge in [0.15, 0.2) is 11.5 Å². The Morgan fingerprint density at radius 3 is 3.11 bits per heavy atom. The third-order valence-electron chi connectivity index (χ3n) is 0.469. The molecule has 0 aliphatic heterocycles. The highest BCUT2D eigenvalue weighted by Gasteiger charge is 1.76. The molecule has 0 aromatic carbocycles. The van der Waals surface area contributed by atoms with Crippen molar-refractivity contribution in [2.45, 2.75) is 6.92 Å². The number of ether oxygens (including phenoxy) is 1. The van der Waals surface area contributed by atoms with Crippen molar-refractivity contribution in [1.29, 1.82) is 0 Å². The lowest BCUT2D eigenvalue weighted by Gasteiger charge is -1.93. The molecule has 0 spiro atoms. The van der Waals surface area contributed by atoms with Crippen LogP contribution in [-0.4, -0.2) is 18.1 Å². The summed E-state index contributed by atoms with van der Waals surface area (Å²) in [5, 5.41) is 3.63. The van der Waals surface area contributed by atoms with Crippen molar-refractivity contribution in [2.24, 2.45) is 10.8 Å². The zero-order valence-electron chi connectivity index (χ0n) is 5.13. The van der Waals surface area contributed by atoms with E-state index >= 15 is 0 Å². The van der Waals surface area contributed by atoms with E-state index in [9.17, 15) is 0 Å². The molecule has 0 rings (SSSR count). The van der Waals surface area contributed by atoms with Crippen LogP contribution in [0.3, 0.4) is 0 Å². The van der Waals surface area contributed by atoms with Gasteiger partial charge in [-0.2, -0.15) is 0 Å². The van der Waals surface area contributed by atoms with Crippen LogP contribution < -0.4 is 11.2 Å². The summed E-state index contributed by atoms with van der Waals surface area (Å²) in [4.78, 5) is 0. The van der Waals surface area contributed by atoms with Crippen LogP contribution in [0.5, 0.6) is 0 Å². The maximum Gasteiger partial charge on any atom is 0.192 e. The Kier molecular flexibility index (Phi) is 4.81. The van der Waals surface area contributed by atoms with Crippen molar-refractivity contribution < 1.29 is 4.74 Å². The minimum atomic E-state index is 0.131. The number of hydrazone groups is 1. The van der Waals surface area contributed by atoms with Gasteiger partial charge in [-0.3, -0.25) is 5.43 Å². The van der Waals surface area contributed by atoms with Crippen molar-refractivity contribution in [1.82, 2.24) is 5.43 Å². The minimum absolute atomic E-state index is 0.131. The fourth-order valence-electron chi connectivity index (χ4n) is 0.202. The Hall–Kier alpha value is -0.840. The van der Waals surface area contributed by atoms with Gasteiger partial charge in [-0.1, -0.05) is 0 Å². The first-order valence-corrected chi connectivity index (χ1v) is 2.86. The Bertz CT molecular complexity index is 114. The number of rotatable bonds is 3. The molecule has 52 valence electrons. The van der Waals surface area contributed by atoms with E-state index in [1.165, 1.54) is 6.40 Å². The van der Waals surface area contributed by atoms with Gasteiger partial charge in [-0.25, -0.2) is 0 Å². The topological polar surface area (TPSA) is 59.6 Å². The Labute approximate surface area is 59.1 Å². The molecule has 5 heteroatoms. The highest BCUT2D eigenvalue weighted by Crippen LogP contribution is 1.63. The second kappa shape index (κ2) is 5.30. The van der Waals surface area contributed by atoms with Crippen LogP contribution in [0.4, 0.5) is 0 Å². The third kappa shape index (κ3) is 7.16. The molecule has 0 fully saturated rings. The van der Waals surface area contributed by atoms with Crippen LogP contribution in [-0.2, 0) is 4.74 Å². The first-order valence-electron chi connectivity index (χ1n) is 2.46. The molecule has 9 heavy (non-hydrogen) atoms. The van der Waals surface area contributed by atoms with E-state index in [0.717, 1.165) is 0 Å². The standard InChI is InChI=1S/C4H9N3OS/c1-2-8-3-6-7-4(5)9/h3H,2H2,1H3,(H3,5,7,9)/b6-3-. The van der Waals surface area contributed by atoms with Crippen LogP contribution >= 0.6 is 12.2 Å². The van der Waals surface area contributed by atoms with E-state index < -0.39 is 0 Å². The monoisotopic (exact) mass is 147 g/mol. The molecule has 3 N–H and O–H groups in total. The van der Waals surface area contributed by atoms with Gasteiger partial charge in [-0.15, -0.1) is 5.10 Å². The molecule has 0 unspecified atom stereocenters.